The van der Waals surface area contributed by atoms with Gasteiger partial charge >= 0.3 is 6.18 Å². The summed E-state index contributed by atoms with van der Waals surface area (Å²) in [5, 5.41) is 5.02. The molecule has 3 rings (SSSR count). The number of nitrogens with zero attached hydrogens (tertiary/aromatic N) is 3. The third kappa shape index (κ3) is 4.46. The van der Waals surface area contributed by atoms with Gasteiger partial charge in [-0.2, -0.15) is 13.2 Å². The number of rotatable bonds is 4. The van der Waals surface area contributed by atoms with Crippen LogP contribution in [0.1, 0.15) is 5.69 Å². The molecule has 0 aliphatic carbocycles. The third-order valence-electron chi connectivity index (χ3n) is 3.84. The van der Waals surface area contributed by atoms with Crippen molar-refractivity contribution < 1.29 is 30.0 Å². The summed E-state index contributed by atoms with van der Waals surface area (Å²) in [5.74, 6) is -0.223. The summed E-state index contributed by atoms with van der Waals surface area (Å²) >= 11 is 0. The van der Waals surface area contributed by atoms with Gasteiger partial charge in [0.15, 0.2) is 15.5 Å². The van der Waals surface area contributed by atoms with E-state index in [0.29, 0.717) is 6.20 Å². The number of aromatic nitrogens is 3. The number of pyridine rings is 1. The Morgan fingerprint density at radius 3 is 2.14 bits per heavy atom. The summed E-state index contributed by atoms with van der Waals surface area (Å²) in [4.78, 5) is 6.94. The molecule has 0 saturated heterocycles. The molecular formula is C16H13F3N4O4S2. The fourth-order valence-electron chi connectivity index (χ4n) is 2.46. The van der Waals surface area contributed by atoms with Crippen LogP contribution in [0, 0.1) is 0 Å². The standard InChI is InChI=1S/C16H13F3N4O4S2/c1-28(24,25)13-6-10(7-21-8-13)15-22-14(16(17,18)19)9-23(15)11-2-4-12(5-3-11)29(20,26)27/h2-9H,1H3,(H2,20,26,27). The number of alkyl halides is 3. The average Bonchev–Trinajstić information content (AvgIpc) is 3.06. The molecule has 0 bridgehead atoms. The van der Waals surface area contributed by atoms with Gasteiger partial charge in [0, 0.05) is 36.1 Å². The minimum Gasteiger partial charge on any atom is -0.299 e. The first-order chi connectivity index (χ1) is 13.3. The van der Waals surface area contributed by atoms with E-state index in [1.54, 1.807) is 0 Å². The molecule has 0 aliphatic rings. The van der Waals surface area contributed by atoms with E-state index in [2.05, 4.69) is 9.97 Å². The molecule has 0 fully saturated rings. The number of imidazole rings is 1. The average molecular weight is 446 g/mol. The molecule has 8 nitrogen and oxygen atoms in total. The van der Waals surface area contributed by atoms with Gasteiger partial charge in [-0.05, 0) is 30.3 Å². The van der Waals surface area contributed by atoms with Crippen molar-refractivity contribution in [2.45, 2.75) is 16.0 Å². The fraction of sp³-hybridized carbons (Fsp3) is 0.125. The Morgan fingerprint density at radius 1 is 1.00 bits per heavy atom. The highest BCUT2D eigenvalue weighted by Crippen LogP contribution is 2.33. The molecule has 0 unspecified atom stereocenters. The number of halogens is 3. The highest BCUT2D eigenvalue weighted by molar-refractivity contribution is 7.90. The van der Waals surface area contributed by atoms with Crippen LogP contribution < -0.4 is 5.14 Å². The van der Waals surface area contributed by atoms with Crippen LogP contribution in [0.15, 0.2) is 58.7 Å². The highest BCUT2D eigenvalue weighted by Gasteiger charge is 2.35. The Bertz CT molecular complexity index is 1280. The Morgan fingerprint density at radius 2 is 1.62 bits per heavy atom. The van der Waals surface area contributed by atoms with E-state index in [4.69, 9.17) is 5.14 Å². The van der Waals surface area contributed by atoms with E-state index in [9.17, 15) is 30.0 Å². The van der Waals surface area contributed by atoms with Gasteiger partial charge in [-0.1, -0.05) is 0 Å². The lowest BCUT2D eigenvalue weighted by atomic mass is 10.2. The number of nitrogens with two attached hydrogens (primary N) is 1. The van der Waals surface area contributed by atoms with E-state index in [-0.39, 0.29) is 26.9 Å². The molecule has 29 heavy (non-hydrogen) atoms. The first kappa shape index (κ1) is 21.0. The van der Waals surface area contributed by atoms with Crippen LogP contribution in [-0.2, 0) is 26.0 Å². The van der Waals surface area contributed by atoms with Crippen LogP contribution in [0.5, 0.6) is 0 Å². The number of sulfonamides is 1. The lowest BCUT2D eigenvalue weighted by molar-refractivity contribution is -0.140. The molecule has 0 saturated carbocycles. The SMILES string of the molecule is CS(=O)(=O)c1cncc(-c2nc(C(F)(F)F)cn2-c2ccc(S(N)(=O)=O)cc2)c1. The minimum absolute atomic E-state index is 0.0268. The molecule has 2 aromatic heterocycles. The van der Waals surface area contributed by atoms with Crippen molar-refractivity contribution >= 4 is 19.9 Å². The summed E-state index contributed by atoms with van der Waals surface area (Å²) in [7, 11) is -7.64. The van der Waals surface area contributed by atoms with Crippen molar-refractivity contribution in [3.05, 3.63) is 54.6 Å². The summed E-state index contributed by atoms with van der Waals surface area (Å²) in [6, 6.07) is 5.91. The van der Waals surface area contributed by atoms with Gasteiger partial charge in [0.25, 0.3) is 0 Å². The predicted molar refractivity (Wildman–Crippen MR) is 96.3 cm³/mol. The smallest absolute Gasteiger partial charge is 0.299 e. The summed E-state index contributed by atoms with van der Waals surface area (Å²) in [6.07, 6.45) is -0.867. The monoisotopic (exact) mass is 446 g/mol. The first-order valence-electron chi connectivity index (χ1n) is 7.72. The molecule has 13 heteroatoms. The maximum absolute atomic E-state index is 13.2. The van der Waals surface area contributed by atoms with Gasteiger partial charge in [0.1, 0.15) is 5.82 Å². The normalized spacial score (nSPS) is 12.9. The lowest BCUT2D eigenvalue weighted by Crippen LogP contribution is -2.12. The second-order valence-corrected chi connectivity index (χ2v) is 9.62. The Hall–Kier alpha value is -2.77. The summed E-state index contributed by atoms with van der Waals surface area (Å²) in [5.41, 5.74) is -1.04. The molecule has 0 spiro atoms. The van der Waals surface area contributed by atoms with Crippen molar-refractivity contribution in [3.63, 3.8) is 0 Å². The second kappa shape index (κ2) is 6.93. The quantitative estimate of drug-likeness (QED) is 0.654. The molecule has 2 heterocycles. The number of benzene rings is 1. The van der Waals surface area contributed by atoms with Crippen LogP contribution in [0.2, 0.25) is 0 Å². The second-order valence-electron chi connectivity index (χ2n) is 6.04. The number of sulfone groups is 1. The third-order valence-corrected chi connectivity index (χ3v) is 5.85. The van der Waals surface area contributed by atoms with Crippen molar-refractivity contribution in [3.8, 4) is 17.1 Å². The summed E-state index contributed by atoms with van der Waals surface area (Å²) in [6.45, 7) is 0. The van der Waals surface area contributed by atoms with Gasteiger partial charge in [-0.25, -0.2) is 27.0 Å². The van der Waals surface area contributed by atoms with Crippen LogP contribution in [-0.4, -0.2) is 37.6 Å². The van der Waals surface area contributed by atoms with Crippen molar-refractivity contribution in [2.75, 3.05) is 6.26 Å². The topological polar surface area (TPSA) is 125 Å². The van der Waals surface area contributed by atoms with Crippen molar-refractivity contribution in [2.24, 2.45) is 5.14 Å². The lowest BCUT2D eigenvalue weighted by Gasteiger charge is -2.09. The van der Waals surface area contributed by atoms with E-state index >= 15 is 0 Å². The first-order valence-corrected chi connectivity index (χ1v) is 11.2. The molecule has 154 valence electrons. The molecule has 0 radical (unpaired) electrons. The number of hydrogen-bond acceptors (Lipinski definition) is 6. The van der Waals surface area contributed by atoms with E-state index in [1.807, 2.05) is 0 Å². The zero-order chi connectivity index (χ0) is 21.6. The zero-order valence-electron chi connectivity index (χ0n) is 14.6. The van der Waals surface area contributed by atoms with Gasteiger partial charge in [-0.3, -0.25) is 9.55 Å². The molecule has 0 atom stereocenters. The molecule has 3 aromatic rings. The van der Waals surface area contributed by atoms with Crippen molar-refractivity contribution in [1.29, 1.82) is 0 Å². The van der Waals surface area contributed by atoms with Gasteiger partial charge in [0.2, 0.25) is 10.0 Å². The van der Waals surface area contributed by atoms with Gasteiger partial charge in [-0.15, -0.1) is 0 Å². The van der Waals surface area contributed by atoms with E-state index in [0.717, 1.165) is 35.2 Å². The van der Waals surface area contributed by atoms with Gasteiger partial charge in [0.05, 0.1) is 9.79 Å². The Balaban J connectivity index is 2.22. The van der Waals surface area contributed by atoms with Gasteiger partial charge < -0.3 is 0 Å². The maximum Gasteiger partial charge on any atom is 0.434 e. The van der Waals surface area contributed by atoms with Crippen LogP contribution >= 0.6 is 0 Å². The molecule has 2 N–H and O–H groups in total. The zero-order valence-corrected chi connectivity index (χ0v) is 16.3. The Labute approximate surface area is 163 Å². The molecule has 1 aromatic carbocycles. The highest BCUT2D eigenvalue weighted by atomic mass is 32.2. The van der Waals surface area contributed by atoms with Crippen LogP contribution in [0.25, 0.3) is 17.1 Å². The minimum atomic E-state index is -4.76. The fourth-order valence-corrected chi connectivity index (χ4v) is 3.57. The molecule has 0 amide bonds. The van der Waals surface area contributed by atoms with Crippen LogP contribution in [0.4, 0.5) is 13.2 Å². The largest absolute Gasteiger partial charge is 0.434 e. The predicted octanol–water partition coefficient (Wildman–Crippen LogP) is 2.00. The number of primary sulfonamides is 1. The van der Waals surface area contributed by atoms with Crippen molar-refractivity contribution in [1.82, 2.24) is 14.5 Å². The van der Waals surface area contributed by atoms with E-state index < -0.39 is 31.7 Å². The number of hydrogen-bond donors (Lipinski definition) is 1. The summed E-state index contributed by atoms with van der Waals surface area (Å²) < 4.78 is 87.0. The van der Waals surface area contributed by atoms with E-state index in [1.165, 1.54) is 18.3 Å². The maximum atomic E-state index is 13.2. The molecule has 0 aliphatic heterocycles. The molecular weight excluding hydrogens is 433 g/mol. The Kier molecular flexibility index (Phi) is 5.01. The van der Waals surface area contributed by atoms with Crippen LogP contribution in [0.3, 0.4) is 0 Å².